The zero-order valence-electron chi connectivity index (χ0n) is 8.63. The van der Waals surface area contributed by atoms with Gasteiger partial charge in [-0.2, -0.15) is 0 Å². The molecule has 13 heavy (non-hydrogen) atoms. The van der Waals surface area contributed by atoms with E-state index in [0.717, 1.165) is 6.42 Å². The van der Waals surface area contributed by atoms with E-state index in [1.807, 2.05) is 13.8 Å². The third kappa shape index (κ3) is 5.39. The van der Waals surface area contributed by atoms with Gasteiger partial charge in [0.2, 0.25) is 0 Å². The quantitative estimate of drug-likeness (QED) is 0.595. The smallest absolute Gasteiger partial charge is 0.305 e. The molecule has 0 N–H and O–H groups in total. The highest BCUT2D eigenvalue weighted by Gasteiger charge is 2.15. The van der Waals surface area contributed by atoms with E-state index in [2.05, 4.69) is 4.74 Å². The first kappa shape index (κ1) is 12.1. The van der Waals surface area contributed by atoms with E-state index in [-0.39, 0.29) is 17.7 Å². The summed E-state index contributed by atoms with van der Waals surface area (Å²) in [4.78, 5) is 22.0. The van der Waals surface area contributed by atoms with Crippen LogP contribution in [0.15, 0.2) is 0 Å². The highest BCUT2D eigenvalue weighted by Crippen LogP contribution is 2.14. The minimum Gasteiger partial charge on any atom is -0.469 e. The maximum Gasteiger partial charge on any atom is 0.305 e. The van der Waals surface area contributed by atoms with Crippen molar-refractivity contribution in [2.75, 3.05) is 7.11 Å². The summed E-state index contributed by atoms with van der Waals surface area (Å²) in [6, 6.07) is 0. The third-order valence-electron chi connectivity index (χ3n) is 2.17. The van der Waals surface area contributed by atoms with Crippen molar-refractivity contribution in [2.45, 2.75) is 39.5 Å². The second-order valence-electron chi connectivity index (χ2n) is 3.15. The Hall–Kier alpha value is -0.860. The Morgan fingerprint density at radius 1 is 1.23 bits per heavy atom. The number of esters is 1. The van der Waals surface area contributed by atoms with Crippen molar-refractivity contribution < 1.29 is 14.3 Å². The fourth-order valence-electron chi connectivity index (χ4n) is 1.15. The van der Waals surface area contributed by atoms with Gasteiger partial charge in [-0.05, 0) is 5.92 Å². The highest BCUT2D eigenvalue weighted by atomic mass is 16.5. The van der Waals surface area contributed by atoms with Crippen LogP contribution < -0.4 is 0 Å². The van der Waals surface area contributed by atoms with Gasteiger partial charge >= 0.3 is 5.97 Å². The topological polar surface area (TPSA) is 43.4 Å². The lowest BCUT2D eigenvalue weighted by Crippen LogP contribution is -2.13. The van der Waals surface area contributed by atoms with Gasteiger partial charge in [-0.3, -0.25) is 9.59 Å². The minimum atomic E-state index is -0.226. The van der Waals surface area contributed by atoms with Crippen LogP contribution in [0.3, 0.4) is 0 Å². The SMILES string of the molecule is CCC(=O)C[C@@H](CC)CC(=O)OC. The molecule has 76 valence electrons. The van der Waals surface area contributed by atoms with Gasteiger partial charge in [0.05, 0.1) is 7.11 Å². The molecule has 0 rings (SSSR count). The molecule has 0 aromatic heterocycles. The Bertz CT molecular complexity index is 157. The number of carbonyl (C=O) groups excluding carboxylic acids is 2. The molecule has 0 aliphatic rings. The zero-order valence-corrected chi connectivity index (χ0v) is 8.63. The summed E-state index contributed by atoms with van der Waals surface area (Å²) in [7, 11) is 1.37. The van der Waals surface area contributed by atoms with Gasteiger partial charge in [0.25, 0.3) is 0 Å². The fraction of sp³-hybridized carbons (Fsp3) is 0.800. The number of Topliss-reactive ketones (excluding diaryl/α,β-unsaturated/α-hetero) is 1. The predicted molar refractivity (Wildman–Crippen MR) is 50.3 cm³/mol. The van der Waals surface area contributed by atoms with E-state index in [9.17, 15) is 9.59 Å². The van der Waals surface area contributed by atoms with Crippen LogP contribution in [0.25, 0.3) is 0 Å². The normalized spacial score (nSPS) is 12.2. The lowest BCUT2D eigenvalue weighted by molar-refractivity contribution is -0.141. The number of rotatable bonds is 6. The maximum atomic E-state index is 11.1. The predicted octanol–water partition coefficient (Wildman–Crippen LogP) is 1.94. The first-order valence-electron chi connectivity index (χ1n) is 4.72. The Kier molecular flexibility index (Phi) is 6.20. The molecule has 0 spiro atoms. The zero-order chi connectivity index (χ0) is 10.3. The average molecular weight is 186 g/mol. The van der Waals surface area contributed by atoms with Crippen LogP contribution >= 0.6 is 0 Å². The third-order valence-corrected chi connectivity index (χ3v) is 2.17. The molecule has 3 nitrogen and oxygen atoms in total. The number of ether oxygens (including phenoxy) is 1. The van der Waals surface area contributed by atoms with Crippen molar-refractivity contribution >= 4 is 11.8 Å². The summed E-state index contributed by atoms with van der Waals surface area (Å²) in [5, 5.41) is 0. The van der Waals surface area contributed by atoms with E-state index in [1.54, 1.807) is 0 Å². The monoisotopic (exact) mass is 186 g/mol. The van der Waals surface area contributed by atoms with E-state index in [4.69, 9.17) is 0 Å². The lowest BCUT2D eigenvalue weighted by atomic mass is 9.95. The molecule has 0 radical (unpaired) electrons. The Morgan fingerprint density at radius 2 is 1.85 bits per heavy atom. The van der Waals surface area contributed by atoms with Gasteiger partial charge in [0, 0.05) is 19.3 Å². The summed E-state index contributed by atoms with van der Waals surface area (Å²) in [5.74, 6) is 0.145. The first-order valence-corrected chi connectivity index (χ1v) is 4.72. The number of methoxy groups -OCH3 is 1. The van der Waals surface area contributed by atoms with E-state index < -0.39 is 0 Å². The van der Waals surface area contributed by atoms with Crippen molar-refractivity contribution in [3.05, 3.63) is 0 Å². The second kappa shape index (κ2) is 6.63. The van der Waals surface area contributed by atoms with Crippen molar-refractivity contribution in [1.29, 1.82) is 0 Å². The molecule has 0 bridgehead atoms. The Morgan fingerprint density at radius 3 is 2.23 bits per heavy atom. The van der Waals surface area contributed by atoms with Crippen LogP contribution in [0.5, 0.6) is 0 Å². The highest BCUT2D eigenvalue weighted by molar-refractivity contribution is 5.79. The summed E-state index contributed by atoms with van der Waals surface area (Å²) < 4.78 is 4.55. The molecule has 0 fully saturated rings. The van der Waals surface area contributed by atoms with Crippen LogP contribution in [-0.4, -0.2) is 18.9 Å². The Balaban J connectivity index is 3.89. The molecule has 0 amide bonds. The molecule has 0 aromatic rings. The molecule has 0 unspecified atom stereocenters. The molecule has 0 aliphatic heterocycles. The molecule has 3 heteroatoms. The van der Waals surface area contributed by atoms with Gasteiger partial charge < -0.3 is 4.74 Å². The summed E-state index contributed by atoms with van der Waals surface area (Å²) in [6.45, 7) is 3.82. The number of hydrogen-bond donors (Lipinski definition) is 0. The van der Waals surface area contributed by atoms with Crippen LogP contribution in [0.4, 0.5) is 0 Å². The molecule has 0 aliphatic carbocycles. The largest absolute Gasteiger partial charge is 0.469 e. The van der Waals surface area contributed by atoms with Gasteiger partial charge in [-0.1, -0.05) is 20.3 Å². The molecule has 0 aromatic carbocycles. The molecule has 0 heterocycles. The molecule has 0 saturated heterocycles. The summed E-state index contributed by atoms with van der Waals surface area (Å²) in [5.41, 5.74) is 0. The average Bonchev–Trinajstić information content (AvgIpc) is 2.16. The van der Waals surface area contributed by atoms with E-state index in [0.29, 0.717) is 19.3 Å². The van der Waals surface area contributed by atoms with Gasteiger partial charge in [0.15, 0.2) is 0 Å². The fourth-order valence-corrected chi connectivity index (χ4v) is 1.15. The summed E-state index contributed by atoms with van der Waals surface area (Å²) in [6.07, 6.45) is 2.26. The van der Waals surface area contributed by atoms with E-state index in [1.165, 1.54) is 7.11 Å². The molecular formula is C10H18O3. The molecule has 0 saturated carbocycles. The van der Waals surface area contributed by atoms with Crippen molar-refractivity contribution in [2.24, 2.45) is 5.92 Å². The number of ketones is 1. The van der Waals surface area contributed by atoms with Crippen LogP contribution in [0, 0.1) is 5.92 Å². The second-order valence-corrected chi connectivity index (χ2v) is 3.15. The molecular weight excluding hydrogens is 168 g/mol. The van der Waals surface area contributed by atoms with Gasteiger partial charge in [-0.25, -0.2) is 0 Å². The van der Waals surface area contributed by atoms with Gasteiger partial charge in [-0.15, -0.1) is 0 Å². The van der Waals surface area contributed by atoms with Crippen LogP contribution in [-0.2, 0) is 14.3 Å². The number of carbonyl (C=O) groups is 2. The molecule has 1 atom stereocenters. The van der Waals surface area contributed by atoms with Crippen molar-refractivity contribution in [3.8, 4) is 0 Å². The number of hydrogen-bond acceptors (Lipinski definition) is 3. The van der Waals surface area contributed by atoms with Crippen molar-refractivity contribution in [1.82, 2.24) is 0 Å². The Labute approximate surface area is 79.5 Å². The van der Waals surface area contributed by atoms with Crippen molar-refractivity contribution in [3.63, 3.8) is 0 Å². The first-order chi connectivity index (χ1) is 6.13. The standard InChI is InChI=1S/C10H18O3/c1-4-8(6-9(11)5-2)7-10(12)13-3/h8H,4-7H2,1-3H3/t8-/m1/s1. The lowest BCUT2D eigenvalue weighted by Gasteiger charge is -2.11. The van der Waals surface area contributed by atoms with Crippen LogP contribution in [0.1, 0.15) is 39.5 Å². The minimum absolute atomic E-state index is 0.153. The maximum absolute atomic E-state index is 11.1. The van der Waals surface area contributed by atoms with E-state index >= 15 is 0 Å². The van der Waals surface area contributed by atoms with Gasteiger partial charge in [0.1, 0.15) is 5.78 Å². The van der Waals surface area contributed by atoms with Crippen LogP contribution in [0.2, 0.25) is 0 Å². The summed E-state index contributed by atoms with van der Waals surface area (Å²) >= 11 is 0.